The molecule has 3 atom stereocenters. The minimum absolute atomic E-state index is 0.0520. The summed E-state index contributed by atoms with van der Waals surface area (Å²) in [5, 5.41) is 9.01. The van der Waals surface area contributed by atoms with Crippen LogP contribution in [0.15, 0.2) is 42.6 Å². The molecule has 2 bridgehead atoms. The van der Waals surface area contributed by atoms with Crippen LogP contribution in [-0.2, 0) is 14.3 Å². The molecule has 1 aromatic carbocycles. The van der Waals surface area contributed by atoms with E-state index in [1.165, 1.54) is 7.11 Å². The van der Waals surface area contributed by atoms with E-state index < -0.39 is 5.92 Å². The monoisotopic (exact) mass is 448 g/mol. The third kappa shape index (κ3) is 4.77. The molecule has 0 N–H and O–H groups in total. The fourth-order valence-corrected chi connectivity index (χ4v) is 4.93. The predicted octanol–water partition coefficient (Wildman–Crippen LogP) is 2.88. The number of pyridine rings is 1. The Bertz CT molecular complexity index is 1040. The summed E-state index contributed by atoms with van der Waals surface area (Å²) < 4.78 is 10.3. The highest BCUT2D eigenvalue weighted by molar-refractivity contribution is 5.81. The maximum absolute atomic E-state index is 13.1. The molecule has 2 aliphatic heterocycles. The second-order valence-corrected chi connectivity index (χ2v) is 8.50. The number of rotatable bonds is 7. The molecule has 0 saturated carbocycles. The van der Waals surface area contributed by atoms with Crippen molar-refractivity contribution in [1.29, 1.82) is 5.26 Å². The van der Waals surface area contributed by atoms with Crippen LogP contribution in [0.5, 0.6) is 5.75 Å². The van der Waals surface area contributed by atoms with Crippen molar-refractivity contribution in [2.45, 2.75) is 43.7 Å². The molecule has 2 aromatic rings. The Morgan fingerprint density at radius 3 is 2.55 bits per heavy atom. The molecule has 1 aromatic heterocycles. The highest BCUT2D eigenvalue weighted by Gasteiger charge is 2.42. The number of likely N-dealkylation sites (tertiary alicyclic amines) is 1. The molecule has 2 saturated heterocycles. The van der Waals surface area contributed by atoms with Gasteiger partial charge < -0.3 is 19.3 Å². The number of hydrogen-bond donors (Lipinski definition) is 0. The molecule has 0 radical (unpaired) electrons. The molecular weight excluding hydrogens is 420 g/mol. The first-order valence-corrected chi connectivity index (χ1v) is 11.2. The van der Waals surface area contributed by atoms with Crippen LogP contribution in [0, 0.1) is 11.3 Å². The number of hydrogen-bond acceptors (Lipinski definition) is 7. The highest BCUT2D eigenvalue weighted by Crippen LogP contribution is 2.34. The van der Waals surface area contributed by atoms with Crippen LogP contribution in [0.4, 0.5) is 5.82 Å². The van der Waals surface area contributed by atoms with Crippen molar-refractivity contribution < 1.29 is 19.1 Å². The Kier molecular flexibility index (Phi) is 6.78. The summed E-state index contributed by atoms with van der Waals surface area (Å²) >= 11 is 0. The zero-order chi connectivity index (χ0) is 23.4. The highest BCUT2D eigenvalue weighted by atomic mass is 16.5. The van der Waals surface area contributed by atoms with Crippen LogP contribution >= 0.6 is 0 Å². The van der Waals surface area contributed by atoms with Gasteiger partial charge >= 0.3 is 5.97 Å². The van der Waals surface area contributed by atoms with Gasteiger partial charge in [0.25, 0.3) is 0 Å². The maximum atomic E-state index is 13.1. The summed E-state index contributed by atoms with van der Waals surface area (Å²) in [4.78, 5) is 34.2. The number of methoxy groups -OCH3 is 2. The topological polar surface area (TPSA) is 95.8 Å². The second kappa shape index (κ2) is 9.90. The van der Waals surface area contributed by atoms with E-state index in [9.17, 15) is 9.59 Å². The largest absolute Gasteiger partial charge is 0.497 e. The first-order chi connectivity index (χ1) is 16.0. The van der Waals surface area contributed by atoms with Gasteiger partial charge in [-0.1, -0.05) is 12.1 Å². The van der Waals surface area contributed by atoms with Crippen LogP contribution in [0.3, 0.4) is 0 Å². The molecule has 2 fully saturated rings. The Balaban J connectivity index is 1.40. The quantitative estimate of drug-likeness (QED) is 0.601. The number of amides is 1. The van der Waals surface area contributed by atoms with Gasteiger partial charge in [0.15, 0.2) is 0 Å². The molecule has 8 nitrogen and oxygen atoms in total. The van der Waals surface area contributed by atoms with Crippen LogP contribution in [0.2, 0.25) is 0 Å². The van der Waals surface area contributed by atoms with E-state index in [-0.39, 0.29) is 30.4 Å². The lowest BCUT2D eigenvalue weighted by Gasteiger charge is -2.42. The van der Waals surface area contributed by atoms with E-state index in [0.29, 0.717) is 30.8 Å². The molecule has 8 heteroatoms. The second-order valence-electron chi connectivity index (χ2n) is 8.50. The van der Waals surface area contributed by atoms with Gasteiger partial charge in [-0.2, -0.15) is 5.26 Å². The third-order valence-electron chi connectivity index (χ3n) is 6.61. The van der Waals surface area contributed by atoms with Crippen molar-refractivity contribution in [2.24, 2.45) is 0 Å². The van der Waals surface area contributed by atoms with Gasteiger partial charge in [0.1, 0.15) is 17.6 Å². The number of benzene rings is 1. The van der Waals surface area contributed by atoms with E-state index in [2.05, 4.69) is 16.0 Å². The van der Waals surface area contributed by atoms with Gasteiger partial charge in [0, 0.05) is 37.8 Å². The average Bonchev–Trinajstić information content (AvgIpc) is 3.12. The predicted molar refractivity (Wildman–Crippen MR) is 122 cm³/mol. The number of nitriles is 1. The molecule has 2 unspecified atom stereocenters. The Labute approximate surface area is 193 Å². The number of aromatic nitrogens is 1. The van der Waals surface area contributed by atoms with E-state index in [4.69, 9.17) is 14.7 Å². The number of carbonyl (C=O) groups is 2. The fourth-order valence-electron chi connectivity index (χ4n) is 4.93. The van der Waals surface area contributed by atoms with Gasteiger partial charge in [-0.15, -0.1) is 0 Å². The van der Waals surface area contributed by atoms with Crippen molar-refractivity contribution in [2.75, 3.05) is 32.2 Å². The number of anilines is 1. The van der Waals surface area contributed by atoms with E-state index >= 15 is 0 Å². The summed E-state index contributed by atoms with van der Waals surface area (Å²) in [5.74, 6) is 0.702. The first-order valence-electron chi connectivity index (χ1n) is 11.2. The molecule has 1 amide bonds. The van der Waals surface area contributed by atoms with Gasteiger partial charge in [-0.05, 0) is 49.1 Å². The molecule has 0 aliphatic carbocycles. The van der Waals surface area contributed by atoms with Crippen LogP contribution in [0.25, 0.3) is 0 Å². The van der Waals surface area contributed by atoms with Gasteiger partial charge in [-0.3, -0.25) is 9.59 Å². The van der Waals surface area contributed by atoms with Crippen LogP contribution in [-0.4, -0.2) is 61.2 Å². The standard InChI is InChI=1S/C25H28N4O4/c1-32-21-5-3-4-18(12-21)22(25(31)33-2)9-11-24(30)28-15-19-7-8-20(16-28)29(19)23-10-6-17(13-26)14-27-23/h3-6,10,12,14,19-20,22H,7-9,11,15-16H2,1-2H3/t19-,20?,22?/m0/s1. The molecule has 4 rings (SSSR count). The van der Waals surface area contributed by atoms with E-state index in [0.717, 1.165) is 24.2 Å². The SMILES string of the molecule is COC(=O)C(CCC(=O)N1CC2CC[C@@H](C1)N2c1ccc(C#N)cn1)c1cccc(OC)c1. The van der Waals surface area contributed by atoms with Crippen molar-refractivity contribution in [3.8, 4) is 11.8 Å². The number of piperazine rings is 1. The van der Waals surface area contributed by atoms with Crippen molar-refractivity contribution in [3.63, 3.8) is 0 Å². The summed E-state index contributed by atoms with van der Waals surface area (Å²) in [6, 6.07) is 13.5. The minimum atomic E-state index is -0.519. The molecule has 3 heterocycles. The third-order valence-corrected chi connectivity index (χ3v) is 6.61. The molecule has 33 heavy (non-hydrogen) atoms. The molecule has 2 aliphatic rings. The van der Waals surface area contributed by atoms with Crippen molar-refractivity contribution >= 4 is 17.7 Å². The lowest BCUT2D eigenvalue weighted by Crippen LogP contribution is -2.55. The Morgan fingerprint density at radius 1 is 1.18 bits per heavy atom. The maximum Gasteiger partial charge on any atom is 0.313 e. The number of nitrogens with zero attached hydrogens (tertiary/aromatic N) is 4. The first kappa shape index (κ1) is 22.6. The average molecular weight is 449 g/mol. The lowest BCUT2D eigenvalue weighted by atomic mass is 9.93. The van der Waals surface area contributed by atoms with Crippen LogP contribution < -0.4 is 9.64 Å². The molecule has 0 spiro atoms. The van der Waals surface area contributed by atoms with Crippen molar-refractivity contribution in [3.05, 3.63) is 53.7 Å². The molecular formula is C25H28N4O4. The van der Waals surface area contributed by atoms with E-state index in [1.54, 1.807) is 19.4 Å². The normalized spacial score (nSPS) is 20.2. The summed E-state index contributed by atoms with van der Waals surface area (Å²) in [6.45, 7) is 1.28. The van der Waals surface area contributed by atoms with E-state index in [1.807, 2.05) is 35.2 Å². The van der Waals surface area contributed by atoms with Gasteiger partial charge in [0.05, 0.1) is 25.7 Å². The Hall–Kier alpha value is -3.60. The number of esters is 1. The zero-order valence-electron chi connectivity index (χ0n) is 18.9. The van der Waals surface area contributed by atoms with Gasteiger partial charge in [0.2, 0.25) is 5.91 Å². The smallest absolute Gasteiger partial charge is 0.313 e. The number of carbonyl (C=O) groups excluding carboxylic acids is 2. The zero-order valence-corrected chi connectivity index (χ0v) is 18.9. The van der Waals surface area contributed by atoms with Crippen molar-refractivity contribution in [1.82, 2.24) is 9.88 Å². The molecule has 172 valence electrons. The van der Waals surface area contributed by atoms with Crippen LogP contribution in [0.1, 0.15) is 42.7 Å². The summed E-state index contributed by atoms with van der Waals surface area (Å²) in [7, 11) is 2.95. The minimum Gasteiger partial charge on any atom is -0.497 e. The van der Waals surface area contributed by atoms with Gasteiger partial charge in [-0.25, -0.2) is 4.98 Å². The Morgan fingerprint density at radius 2 is 1.94 bits per heavy atom. The fraction of sp³-hybridized carbons (Fsp3) is 0.440. The number of ether oxygens (including phenoxy) is 2. The number of fused-ring (bicyclic) bond motifs is 2. The summed E-state index contributed by atoms with van der Waals surface area (Å²) in [6.07, 6.45) is 4.25. The summed E-state index contributed by atoms with van der Waals surface area (Å²) in [5.41, 5.74) is 1.32. The lowest BCUT2D eigenvalue weighted by molar-refractivity contribution is -0.142.